The molecule has 0 rings (SSSR count). The van der Waals surface area contributed by atoms with Crippen LogP contribution in [0.3, 0.4) is 0 Å². The van der Waals surface area contributed by atoms with Crippen LogP contribution in [-0.4, -0.2) is 75.5 Å². The van der Waals surface area contributed by atoms with Gasteiger partial charge < -0.3 is 28.6 Å². The van der Waals surface area contributed by atoms with Gasteiger partial charge in [-0.1, -0.05) is 187 Å². The summed E-state index contributed by atoms with van der Waals surface area (Å²) in [6.07, 6.45) is 63.9. The molecule has 368 valence electrons. The molecule has 0 amide bonds. The molecule has 0 aliphatic heterocycles. The second kappa shape index (κ2) is 46.5. The topological polar surface area (TPSA) is 102 Å². The van der Waals surface area contributed by atoms with E-state index < -0.39 is 18.1 Å². The van der Waals surface area contributed by atoms with Crippen LogP contribution < -0.4 is 5.11 Å². The highest BCUT2D eigenvalue weighted by Gasteiger charge is 2.25. The number of carbonyl (C=O) groups is 3. The van der Waals surface area contributed by atoms with Crippen LogP contribution in [-0.2, 0) is 28.6 Å². The van der Waals surface area contributed by atoms with Crippen molar-refractivity contribution in [2.45, 2.75) is 193 Å². The summed E-state index contributed by atoms with van der Waals surface area (Å²) < 4.78 is 17.2. The minimum Gasteiger partial charge on any atom is -0.544 e. The van der Waals surface area contributed by atoms with Gasteiger partial charge in [0.2, 0.25) is 0 Å². The maximum absolute atomic E-state index is 12.8. The van der Waals surface area contributed by atoms with Crippen LogP contribution in [0.1, 0.15) is 181 Å². The van der Waals surface area contributed by atoms with Crippen LogP contribution in [0.25, 0.3) is 0 Å². The molecule has 0 saturated heterocycles. The Morgan fingerprint density at radius 3 is 1.42 bits per heavy atom. The summed E-state index contributed by atoms with van der Waals surface area (Å²) in [5.41, 5.74) is 0. The highest BCUT2D eigenvalue weighted by Crippen LogP contribution is 2.13. The summed E-state index contributed by atoms with van der Waals surface area (Å²) in [6.45, 7) is 4.46. The van der Waals surface area contributed by atoms with Crippen LogP contribution in [0.4, 0.5) is 0 Å². The standard InChI is InChI=1S/C57H93NO7/c1-6-8-10-12-14-16-18-20-22-24-26-27-28-29-30-32-33-35-37-39-41-43-45-47-55(59)64-52-53(51-63-50-49-54(57(61)62)58(3,4)5)65-56(60)48-46-44-42-40-38-36-34-31-25-23-21-19-17-15-13-11-9-7-2/h8,10,14-17,19-23,25-27,29-31,34,53-54H,6-7,9,11-13,18,24,28,32-33,35-52H2,1-5H3/b10-8+,16-14+,17-15+,21-19+,22-20+,25-23+,27-26+,30-29+,34-31+. The Morgan fingerprint density at radius 2 is 0.923 bits per heavy atom. The Kier molecular flexibility index (Phi) is 43.6. The van der Waals surface area contributed by atoms with E-state index in [4.69, 9.17) is 14.2 Å². The van der Waals surface area contributed by atoms with Crippen LogP contribution in [0.2, 0.25) is 0 Å². The maximum Gasteiger partial charge on any atom is 0.306 e. The average molecular weight is 904 g/mol. The van der Waals surface area contributed by atoms with E-state index in [-0.39, 0.29) is 49.1 Å². The predicted molar refractivity (Wildman–Crippen MR) is 272 cm³/mol. The van der Waals surface area contributed by atoms with Gasteiger partial charge in [-0.2, -0.15) is 0 Å². The summed E-state index contributed by atoms with van der Waals surface area (Å²) >= 11 is 0. The first kappa shape index (κ1) is 61.0. The number of carboxylic acid groups (broad SMARTS) is 1. The molecule has 8 heteroatoms. The second-order valence-corrected chi connectivity index (χ2v) is 17.8. The monoisotopic (exact) mass is 904 g/mol. The normalized spacial score (nSPS) is 13.8. The van der Waals surface area contributed by atoms with Gasteiger partial charge in [-0.15, -0.1) is 0 Å². The number of quaternary nitrogens is 1. The second-order valence-electron chi connectivity index (χ2n) is 17.8. The van der Waals surface area contributed by atoms with E-state index in [1.54, 1.807) is 21.1 Å². The molecule has 0 aromatic carbocycles. The number of ether oxygens (including phenoxy) is 3. The van der Waals surface area contributed by atoms with Gasteiger partial charge in [-0.3, -0.25) is 9.59 Å². The molecule has 0 bridgehead atoms. The fraction of sp³-hybridized carbons (Fsp3) is 0.632. The molecule has 0 aromatic heterocycles. The van der Waals surface area contributed by atoms with E-state index in [9.17, 15) is 19.5 Å². The SMILES string of the molecule is CC/C=C/C/C=C/C/C=C/C/C=C/C/C=C/CCCCCCCCCC(=O)OCC(COCCC(C(=O)[O-])[N+](C)(C)C)OC(=O)CCCCCCC/C=C/C=C/C=C/C=C/CCCCC. The van der Waals surface area contributed by atoms with Crippen LogP contribution in [0.15, 0.2) is 109 Å². The van der Waals surface area contributed by atoms with Gasteiger partial charge in [0.15, 0.2) is 6.10 Å². The molecule has 2 unspecified atom stereocenters. The first-order valence-corrected chi connectivity index (χ1v) is 25.5. The van der Waals surface area contributed by atoms with Crippen LogP contribution in [0, 0.1) is 0 Å². The summed E-state index contributed by atoms with van der Waals surface area (Å²) in [5.74, 6) is -1.79. The summed E-state index contributed by atoms with van der Waals surface area (Å²) in [5, 5.41) is 11.7. The molecule has 0 aromatic rings. The molecule has 0 spiro atoms. The number of hydrogen-bond donors (Lipinski definition) is 0. The molecule has 0 saturated carbocycles. The van der Waals surface area contributed by atoms with Crippen molar-refractivity contribution in [3.63, 3.8) is 0 Å². The van der Waals surface area contributed by atoms with Gasteiger partial charge in [0.25, 0.3) is 0 Å². The minimum absolute atomic E-state index is 0.0200. The maximum atomic E-state index is 12.8. The lowest BCUT2D eigenvalue weighted by atomic mass is 10.1. The molecule has 65 heavy (non-hydrogen) atoms. The van der Waals surface area contributed by atoms with Crippen molar-refractivity contribution in [1.82, 2.24) is 0 Å². The molecule has 0 N–H and O–H groups in total. The largest absolute Gasteiger partial charge is 0.544 e. The van der Waals surface area contributed by atoms with Gasteiger partial charge in [0.1, 0.15) is 12.6 Å². The van der Waals surface area contributed by atoms with Crippen LogP contribution in [0.5, 0.6) is 0 Å². The Labute approximate surface area is 398 Å². The number of likely N-dealkylation sites (N-methyl/N-ethyl adjacent to an activating group) is 1. The Hall–Kier alpha value is -4.01. The molecule has 0 radical (unpaired) electrons. The Balaban J connectivity index is 4.34. The highest BCUT2D eigenvalue weighted by atomic mass is 16.6. The van der Waals surface area contributed by atoms with Crippen molar-refractivity contribution in [2.75, 3.05) is 41.0 Å². The molecule has 8 nitrogen and oxygen atoms in total. The van der Waals surface area contributed by atoms with Gasteiger partial charge in [-0.25, -0.2) is 0 Å². The van der Waals surface area contributed by atoms with Gasteiger partial charge in [0, 0.05) is 19.3 Å². The van der Waals surface area contributed by atoms with Crippen molar-refractivity contribution < 1.29 is 38.2 Å². The number of allylic oxidation sites excluding steroid dienone is 18. The van der Waals surface area contributed by atoms with Crippen molar-refractivity contribution in [2.24, 2.45) is 0 Å². The van der Waals surface area contributed by atoms with E-state index in [0.717, 1.165) is 109 Å². The van der Waals surface area contributed by atoms with E-state index in [1.165, 1.54) is 38.5 Å². The summed E-state index contributed by atoms with van der Waals surface area (Å²) in [6, 6.07) is -0.740. The van der Waals surface area contributed by atoms with Crippen molar-refractivity contribution >= 4 is 17.9 Å². The van der Waals surface area contributed by atoms with Gasteiger partial charge in [0.05, 0.1) is 40.3 Å². The van der Waals surface area contributed by atoms with Crippen molar-refractivity contribution in [1.29, 1.82) is 0 Å². The zero-order valence-corrected chi connectivity index (χ0v) is 41.9. The lowest BCUT2D eigenvalue weighted by Crippen LogP contribution is -2.55. The van der Waals surface area contributed by atoms with Gasteiger partial charge >= 0.3 is 11.9 Å². The smallest absolute Gasteiger partial charge is 0.306 e. The zero-order chi connectivity index (χ0) is 47.7. The highest BCUT2D eigenvalue weighted by molar-refractivity contribution is 5.70. The van der Waals surface area contributed by atoms with E-state index >= 15 is 0 Å². The number of carboxylic acids is 1. The van der Waals surface area contributed by atoms with Crippen molar-refractivity contribution in [3.05, 3.63) is 109 Å². The number of esters is 2. The quantitative estimate of drug-likeness (QED) is 0.0197. The third-order valence-electron chi connectivity index (χ3n) is 10.7. The predicted octanol–water partition coefficient (Wildman–Crippen LogP) is 13.5. The third-order valence-corrected chi connectivity index (χ3v) is 10.7. The molecule has 0 heterocycles. The first-order chi connectivity index (χ1) is 31.6. The van der Waals surface area contributed by atoms with E-state index in [2.05, 4.69) is 117 Å². The molecule has 2 atom stereocenters. The number of rotatable bonds is 44. The minimum atomic E-state index is -1.14. The number of unbranched alkanes of at least 4 members (excludes halogenated alkanes) is 15. The first-order valence-electron chi connectivity index (χ1n) is 25.5. The van der Waals surface area contributed by atoms with Gasteiger partial charge in [-0.05, 0) is 83.5 Å². The molecular weight excluding hydrogens is 811 g/mol. The molecule has 0 aliphatic carbocycles. The average Bonchev–Trinajstić information content (AvgIpc) is 3.27. The van der Waals surface area contributed by atoms with Crippen LogP contribution >= 0.6 is 0 Å². The molecular formula is C57H93NO7. The molecule has 0 aliphatic rings. The number of hydrogen-bond acceptors (Lipinski definition) is 7. The summed E-state index contributed by atoms with van der Waals surface area (Å²) in [7, 11) is 5.39. The molecule has 0 fully saturated rings. The van der Waals surface area contributed by atoms with E-state index in [1.807, 2.05) is 6.08 Å². The Bertz CT molecular complexity index is 1420. The summed E-state index contributed by atoms with van der Waals surface area (Å²) in [4.78, 5) is 37.0. The third kappa shape index (κ3) is 45.0. The lowest BCUT2D eigenvalue weighted by Gasteiger charge is -2.34. The number of nitrogens with zero attached hydrogens (tertiary/aromatic N) is 1. The fourth-order valence-electron chi connectivity index (χ4n) is 6.81. The number of aliphatic carboxylic acids is 1. The lowest BCUT2D eigenvalue weighted by molar-refractivity contribution is -0.889. The Morgan fingerprint density at radius 1 is 0.492 bits per heavy atom. The fourth-order valence-corrected chi connectivity index (χ4v) is 6.81. The number of carbonyl (C=O) groups excluding carboxylic acids is 3. The zero-order valence-electron chi connectivity index (χ0n) is 41.9. The van der Waals surface area contributed by atoms with Crippen molar-refractivity contribution in [3.8, 4) is 0 Å². The van der Waals surface area contributed by atoms with E-state index in [0.29, 0.717) is 6.42 Å².